The molecule has 1 N–H and O–H groups in total. The minimum Gasteiger partial charge on any atom is -0.495 e. The minimum absolute atomic E-state index is 0.322. The van der Waals surface area contributed by atoms with E-state index in [1.807, 2.05) is 13.1 Å². The first kappa shape index (κ1) is 15.9. The van der Waals surface area contributed by atoms with Gasteiger partial charge in [-0.1, -0.05) is 6.92 Å². The molecule has 1 rings (SSSR count). The molecule has 1 unspecified atom stereocenters. The molecule has 1 atom stereocenters. The van der Waals surface area contributed by atoms with Crippen LogP contribution in [0.3, 0.4) is 0 Å². The fraction of sp³-hybridized carbons (Fsp3) is 0.667. The predicted molar refractivity (Wildman–Crippen MR) is 77.6 cm³/mol. The summed E-state index contributed by atoms with van der Waals surface area (Å²) in [6.07, 6.45) is 6.87. The summed E-state index contributed by atoms with van der Waals surface area (Å²) in [5.41, 5.74) is 1.18. The maximum absolute atomic E-state index is 5.40. The van der Waals surface area contributed by atoms with Gasteiger partial charge in [-0.2, -0.15) is 0 Å². The van der Waals surface area contributed by atoms with E-state index in [0.717, 1.165) is 44.8 Å². The van der Waals surface area contributed by atoms with E-state index in [1.54, 1.807) is 13.3 Å². The molecule has 1 heterocycles. The third-order valence-electron chi connectivity index (χ3n) is 3.00. The third-order valence-corrected chi connectivity index (χ3v) is 3.00. The van der Waals surface area contributed by atoms with Crippen LogP contribution >= 0.6 is 0 Å². The maximum atomic E-state index is 5.40. The van der Waals surface area contributed by atoms with Gasteiger partial charge in [-0.3, -0.25) is 4.98 Å². The molecule has 0 radical (unpaired) electrons. The molecule has 0 spiro atoms. The Balaban J connectivity index is 2.60. The lowest BCUT2D eigenvalue weighted by Gasteiger charge is -2.19. The van der Waals surface area contributed by atoms with Gasteiger partial charge in [0.15, 0.2) is 0 Å². The summed E-state index contributed by atoms with van der Waals surface area (Å²) in [4.78, 5) is 4.23. The van der Waals surface area contributed by atoms with Gasteiger partial charge in [-0.05, 0) is 44.4 Å². The van der Waals surface area contributed by atoms with E-state index in [-0.39, 0.29) is 0 Å². The average Bonchev–Trinajstić information content (AvgIpc) is 2.46. The van der Waals surface area contributed by atoms with Crippen LogP contribution in [-0.4, -0.2) is 31.9 Å². The quantitative estimate of drug-likeness (QED) is 0.661. The number of pyridine rings is 1. The predicted octanol–water partition coefficient (Wildman–Crippen LogP) is 2.95. The lowest BCUT2D eigenvalue weighted by atomic mass is 10.0. The van der Waals surface area contributed by atoms with Crippen LogP contribution in [0.25, 0.3) is 0 Å². The highest BCUT2D eigenvalue weighted by molar-refractivity contribution is 5.25. The van der Waals surface area contributed by atoms with Crippen LogP contribution in [-0.2, 0) is 4.74 Å². The van der Waals surface area contributed by atoms with Gasteiger partial charge in [-0.25, -0.2) is 0 Å². The van der Waals surface area contributed by atoms with Crippen molar-refractivity contribution in [1.82, 2.24) is 10.3 Å². The molecule has 4 nitrogen and oxygen atoms in total. The van der Waals surface area contributed by atoms with Gasteiger partial charge in [-0.15, -0.1) is 0 Å². The Bertz CT molecular complexity index is 345. The molecule has 0 bridgehead atoms. The summed E-state index contributed by atoms with van der Waals surface area (Å²) < 4.78 is 10.6. The van der Waals surface area contributed by atoms with Crippen molar-refractivity contribution in [2.75, 3.05) is 26.9 Å². The van der Waals surface area contributed by atoms with Crippen molar-refractivity contribution in [1.29, 1.82) is 0 Å². The van der Waals surface area contributed by atoms with Crippen LogP contribution < -0.4 is 10.1 Å². The van der Waals surface area contributed by atoms with Crippen LogP contribution in [0.4, 0.5) is 0 Å². The molecule has 1 aromatic rings. The van der Waals surface area contributed by atoms with Crippen molar-refractivity contribution < 1.29 is 9.47 Å². The van der Waals surface area contributed by atoms with Crippen molar-refractivity contribution in [2.24, 2.45) is 0 Å². The highest BCUT2D eigenvalue weighted by Gasteiger charge is 2.11. The lowest BCUT2D eigenvalue weighted by molar-refractivity contribution is 0.141. The number of hydrogen-bond donors (Lipinski definition) is 1. The number of nitrogens with zero attached hydrogens (tertiary/aromatic N) is 1. The topological polar surface area (TPSA) is 43.4 Å². The van der Waals surface area contributed by atoms with Gasteiger partial charge in [0.1, 0.15) is 5.75 Å². The number of hydrogen-bond acceptors (Lipinski definition) is 4. The monoisotopic (exact) mass is 266 g/mol. The fourth-order valence-corrected chi connectivity index (χ4v) is 1.98. The molecule has 0 aliphatic heterocycles. The van der Waals surface area contributed by atoms with Crippen molar-refractivity contribution in [2.45, 2.75) is 39.2 Å². The Labute approximate surface area is 116 Å². The Morgan fingerprint density at radius 3 is 2.84 bits per heavy atom. The van der Waals surface area contributed by atoms with Crippen LogP contribution in [0.5, 0.6) is 5.75 Å². The average molecular weight is 266 g/mol. The zero-order valence-electron chi connectivity index (χ0n) is 12.3. The van der Waals surface area contributed by atoms with Crippen molar-refractivity contribution in [3.8, 4) is 5.75 Å². The van der Waals surface area contributed by atoms with E-state index in [0.29, 0.717) is 6.04 Å². The molecule has 0 amide bonds. The molecule has 0 aromatic carbocycles. The summed E-state index contributed by atoms with van der Waals surface area (Å²) in [5, 5.41) is 3.56. The molecular formula is C15H26N2O2. The standard InChI is InChI=1S/C15H26N2O2/c1-4-8-17-15(7-6-9-19-5-2)13-10-14(18-3)12-16-11-13/h10-12,15,17H,4-9H2,1-3H3. The summed E-state index contributed by atoms with van der Waals surface area (Å²) in [5.74, 6) is 0.811. The molecule has 4 heteroatoms. The van der Waals surface area contributed by atoms with Crippen LogP contribution in [0.15, 0.2) is 18.5 Å². The minimum atomic E-state index is 0.322. The zero-order valence-corrected chi connectivity index (χ0v) is 12.3. The van der Waals surface area contributed by atoms with Crippen molar-refractivity contribution >= 4 is 0 Å². The molecule has 0 saturated heterocycles. The lowest BCUT2D eigenvalue weighted by Crippen LogP contribution is -2.22. The molecule has 108 valence electrons. The van der Waals surface area contributed by atoms with E-state index in [4.69, 9.17) is 9.47 Å². The molecular weight excluding hydrogens is 240 g/mol. The second-order valence-corrected chi connectivity index (χ2v) is 4.50. The second kappa shape index (κ2) is 9.75. The first-order chi connectivity index (χ1) is 9.31. The second-order valence-electron chi connectivity index (χ2n) is 4.50. The Morgan fingerprint density at radius 1 is 1.32 bits per heavy atom. The van der Waals surface area contributed by atoms with Gasteiger partial charge >= 0.3 is 0 Å². The van der Waals surface area contributed by atoms with E-state index >= 15 is 0 Å². The van der Waals surface area contributed by atoms with Crippen molar-refractivity contribution in [3.63, 3.8) is 0 Å². The molecule has 0 fully saturated rings. The molecule has 0 saturated carbocycles. The summed E-state index contributed by atoms with van der Waals surface area (Å²) >= 11 is 0. The van der Waals surface area contributed by atoms with E-state index in [1.165, 1.54) is 5.56 Å². The van der Waals surface area contributed by atoms with Gasteiger partial charge in [0.05, 0.1) is 13.3 Å². The van der Waals surface area contributed by atoms with E-state index in [9.17, 15) is 0 Å². The summed E-state index contributed by atoms with van der Waals surface area (Å²) in [7, 11) is 1.67. The van der Waals surface area contributed by atoms with Gasteiger partial charge in [0.2, 0.25) is 0 Å². The smallest absolute Gasteiger partial charge is 0.137 e. The third kappa shape index (κ3) is 6.03. The summed E-state index contributed by atoms with van der Waals surface area (Å²) in [6, 6.07) is 2.38. The van der Waals surface area contributed by atoms with Crippen LogP contribution in [0.2, 0.25) is 0 Å². The Hall–Kier alpha value is -1.13. The number of ether oxygens (including phenoxy) is 2. The molecule has 0 aliphatic carbocycles. The molecule has 1 aromatic heterocycles. The van der Waals surface area contributed by atoms with Crippen LogP contribution in [0.1, 0.15) is 44.7 Å². The number of methoxy groups -OCH3 is 1. The highest BCUT2D eigenvalue weighted by Crippen LogP contribution is 2.21. The Kier molecular flexibility index (Phi) is 8.18. The first-order valence-corrected chi connectivity index (χ1v) is 7.11. The van der Waals surface area contributed by atoms with E-state index < -0.39 is 0 Å². The van der Waals surface area contributed by atoms with Gasteiger partial charge in [0.25, 0.3) is 0 Å². The zero-order chi connectivity index (χ0) is 13.9. The molecule has 0 aliphatic rings. The van der Waals surface area contributed by atoms with Gasteiger partial charge < -0.3 is 14.8 Å². The number of aromatic nitrogens is 1. The largest absolute Gasteiger partial charge is 0.495 e. The number of nitrogens with one attached hydrogen (secondary N) is 1. The SMILES string of the molecule is CCCNC(CCCOCC)c1cncc(OC)c1. The fourth-order valence-electron chi connectivity index (χ4n) is 1.98. The Morgan fingerprint density at radius 2 is 2.16 bits per heavy atom. The number of rotatable bonds is 10. The van der Waals surface area contributed by atoms with Crippen molar-refractivity contribution in [3.05, 3.63) is 24.0 Å². The highest BCUT2D eigenvalue weighted by atomic mass is 16.5. The van der Waals surface area contributed by atoms with Crippen LogP contribution in [0, 0.1) is 0 Å². The summed E-state index contributed by atoms with van der Waals surface area (Å²) in [6.45, 7) is 6.81. The van der Waals surface area contributed by atoms with E-state index in [2.05, 4.69) is 23.3 Å². The maximum Gasteiger partial charge on any atom is 0.137 e. The first-order valence-electron chi connectivity index (χ1n) is 7.11. The normalized spacial score (nSPS) is 12.4. The molecule has 19 heavy (non-hydrogen) atoms. The van der Waals surface area contributed by atoms with Gasteiger partial charge in [0, 0.05) is 25.5 Å².